The first-order valence-corrected chi connectivity index (χ1v) is 6.36. The number of halogens is 3. The summed E-state index contributed by atoms with van der Waals surface area (Å²) in [6, 6.07) is 11.6. The number of alkyl halides is 3. The van der Waals surface area contributed by atoms with E-state index in [0.29, 0.717) is 22.6 Å². The average Bonchev–Trinajstić information content (AvgIpc) is 2.96. The van der Waals surface area contributed by atoms with Crippen molar-refractivity contribution in [3.8, 4) is 22.8 Å². The van der Waals surface area contributed by atoms with Gasteiger partial charge in [-0.1, -0.05) is 12.1 Å². The van der Waals surface area contributed by atoms with Crippen LogP contribution in [0, 0.1) is 6.20 Å². The number of rotatable bonds is 2. The molecule has 1 heterocycles. The molecule has 6 heteroatoms. The van der Waals surface area contributed by atoms with E-state index in [2.05, 4.69) is 11.2 Å². The highest BCUT2D eigenvalue weighted by Gasteiger charge is 2.30. The Hall–Kier alpha value is -2.76. The molecule has 22 heavy (non-hydrogen) atoms. The highest BCUT2D eigenvalue weighted by molar-refractivity contribution is 5.72. The van der Waals surface area contributed by atoms with Crippen molar-refractivity contribution in [2.24, 2.45) is 0 Å². The van der Waals surface area contributed by atoms with Crippen LogP contribution in [0.1, 0.15) is 5.56 Å². The summed E-state index contributed by atoms with van der Waals surface area (Å²) in [4.78, 5) is 3.97. The van der Waals surface area contributed by atoms with Crippen LogP contribution >= 0.6 is 0 Å². The van der Waals surface area contributed by atoms with Crippen molar-refractivity contribution in [2.45, 2.75) is 6.18 Å². The Kier molecular flexibility index (Phi) is 3.36. The number of para-hydroxylation sites is 1. The molecule has 0 amide bonds. The van der Waals surface area contributed by atoms with Gasteiger partial charge in [0.15, 0.2) is 5.76 Å². The Morgan fingerprint density at radius 1 is 1.00 bits per heavy atom. The standard InChI is InChI=1S/C16H10F3N2O/c17-16(18,19)11-7-5-10(6-8-11)15-21-9-14(22-15)12-3-1-2-4-13(12)20/h1-8H,20H2. The zero-order valence-corrected chi connectivity index (χ0v) is 11.2. The van der Waals surface area contributed by atoms with E-state index in [-0.39, 0.29) is 5.89 Å². The summed E-state index contributed by atoms with van der Waals surface area (Å²) in [5, 5.41) is 0. The lowest BCUT2D eigenvalue weighted by atomic mass is 10.1. The van der Waals surface area contributed by atoms with E-state index in [1.54, 1.807) is 24.3 Å². The predicted molar refractivity (Wildman–Crippen MR) is 75.6 cm³/mol. The molecule has 0 spiro atoms. The number of nitrogens with two attached hydrogens (primary N) is 1. The van der Waals surface area contributed by atoms with Gasteiger partial charge in [-0.2, -0.15) is 13.2 Å². The van der Waals surface area contributed by atoms with Gasteiger partial charge in [0, 0.05) is 16.8 Å². The van der Waals surface area contributed by atoms with E-state index in [0.717, 1.165) is 12.1 Å². The van der Waals surface area contributed by atoms with Gasteiger partial charge in [0.05, 0.1) is 5.56 Å². The second kappa shape index (κ2) is 5.22. The lowest BCUT2D eigenvalue weighted by Crippen LogP contribution is -2.03. The van der Waals surface area contributed by atoms with Gasteiger partial charge in [-0.3, -0.25) is 0 Å². The van der Waals surface area contributed by atoms with Crippen molar-refractivity contribution in [2.75, 3.05) is 5.73 Å². The molecule has 0 aliphatic heterocycles. The number of hydrogen-bond donors (Lipinski definition) is 1. The predicted octanol–water partition coefficient (Wildman–Crippen LogP) is 4.41. The van der Waals surface area contributed by atoms with Crippen LogP contribution in [0.15, 0.2) is 52.9 Å². The van der Waals surface area contributed by atoms with Crippen molar-refractivity contribution in [1.29, 1.82) is 0 Å². The van der Waals surface area contributed by atoms with Crippen LogP contribution in [0.4, 0.5) is 18.9 Å². The first-order valence-electron chi connectivity index (χ1n) is 6.36. The maximum atomic E-state index is 12.5. The third-order valence-corrected chi connectivity index (χ3v) is 3.12. The fourth-order valence-corrected chi connectivity index (χ4v) is 1.99. The molecular formula is C16H10F3N2O. The van der Waals surface area contributed by atoms with Gasteiger partial charge in [-0.05, 0) is 36.4 Å². The summed E-state index contributed by atoms with van der Waals surface area (Å²) >= 11 is 0. The van der Waals surface area contributed by atoms with E-state index < -0.39 is 11.7 Å². The fraction of sp³-hybridized carbons (Fsp3) is 0.0625. The quantitative estimate of drug-likeness (QED) is 0.713. The number of hydrogen-bond acceptors (Lipinski definition) is 3. The van der Waals surface area contributed by atoms with E-state index in [1.165, 1.54) is 12.1 Å². The summed E-state index contributed by atoms with van der Waals surface area (Å²) in [6.07, 6.45) is -1.68. The Morgan fingerprint density at radius 2 is 1.68 bits per heavy atom. The molecule has 0 saturated carbocycles. The van der Waals surface area contributed by atoms with E-state index in [1.807, 2.05) is 0 Å². The molecule has 111 valence electrons. The minimum Gasteiger partial charge on any atom is -0.435 e. The van der Waals surface area contributed by atoms with Crippen LogP contribution in [0.2, 0.25) is 0 Å². The van der Waals surface area contributed by atoms with Gasteiger partial charge in [-0.25, -0.2) is 4.98 Å². The molecule has 2 N–H and O–H groups in total. The minimum atomic E-state index is -4.37. The molecule has 3 rings (SSSR count). The van der Waals surface area contributed by atoms with Crippen LogP contribution in [-0.4, -0.2) is 4.98 Å². The van der Waals surface area contributed by atoms with Gasteiger partial charge < -0.3 is 10.2 Å². The molecule has 0 atom stereocenters. The first kappa shape index (κ1) is 14.2. The molecule has 3 aromatic rings. The number of nitrogens with zero attached hydrogens (tertiary/aromatic N) is 1. The van der Waals surface area contributed by atoms with Gasteiger partial charge in [0.1, 0.15) is 6.20 Å². The maximum absolute atomic E-state index is 12.5. The molecule has 1 aromatic heterocycles. The number of oxazole rings is 1. The molecule has 2 aromatic carbocycles. The van der Waals surface area contributed by atoms with Crippen LogP contribution < -0.4 is 5.73 Å². The number of aromatic nitrogens is 1. The molecule has 0 aliphatic carbocycles. The Morgan fingerprint density at radius 3 is 2.32 bits per heavy atom. The summed E-state index contributed by atoms with van der Waals surface area (Å²) in [5.41, 5.74) is 6.69. The number of nitrogen functional groups attached to an aromatic ring is 1. The summed E-state index contributed by atoms with van der Waals surface area (Å²) in [6.45, 7) is 0. The third kappa shape index (κ3) is 2.67. The average molecular weight is 303 g/mol. The molecule has 0 bridgehead atoms. The topological polar surface area (TPSA) is 52.0 Å². The Labute approximate surface area is 124 Å². The smallest absolute Gasteiger partial charge is 0.416 e. The van der Waals surface area contributed by atoms with Gasteiger partial charge >= 0.3 is 6.18 Å². The molecule has 0 unspecified atom stereocenters. The van der Waals surface area contributed by atoms with Crippen LogP contribution in [0.25, 0.3) is 22.8 Å². The van der Waals surface area contributed by atoms with Gasteiger partial charge in [-0.15, -0.1) is 0 Å². The van der Waals surface area contributed by atoms with Gasteiger partial charge in [0.2, 0.25) is 5.89 Å². The van der Waals surface area contributed by atoms with Crippen molar-refractivity contribution in [3.05, 3.63) is 60.3 Å². The molecule has 0 saturated heterocycles. The lowest BCUT2D eigenvalue weighted by molar-refractivity contribution is -0.137. The largest absolute Gasteiger partial charge is 0.435 e. The maximum Gasteiger partial charge on any atom is 0.416 e. The van der Waals surface area contributed by atoms with Crippen LogP contribution in [0.5, 0.6) is 0 Å². The van der Waals surface area contributed by atoms with E-state index in [4.69, 9.17) is 10.2 Å². The normalized spacial score (nSPS) is 11.6. The van der Waals surface area contributed by atoms with Crippen LogP contribution in [0.3, 0.4) is 0 Å². The Balaban J connectivity index is 1.93. The Bertz CT molecular complexity index is 792. The van der Waals surface area contributed by atoms with E-state index in [9.17, 15) is 13.2 Å². The SMILES string of the molecule is Nc1ccccc1-c1[c]nc(-c2ccc(C(F)(F)F)cc2)o1. The zero-order valence-electron chi connectivity index (χ0n) is 11.2. The molecule has 3 nitrogen and oxygen atoms in total. The summed E-state index contributed by atoms with van der Waals surface area (Å²) in [7, 11) is 0. The molecular weight excluding hydrogens is 293 g/mol. The van der Waals surface area contributed by atoms with Crippen molar-refractivity contribution < 1.29 is 17.6 Å². The second-order valence-corrected chi connectivity index (χ2v) is 4.62. The van der Waals surface area contributed by atoms with Crippen molar-refractivity contribution in [3.63, 3.8) is 0 Å². The fourth-order valence-electron chi connectivity index (χ4n) is 1.99. The highest BCUT2D eigenvalue weighted by Crippen LogP contribution is 2.32. The number of benzene rings is 2. The lowest BCUT2D eigenvalue weighted by Gasteiger charge is -2.06. The summed E-state index contributed by atoms with van der Waals surface area (Å²) in [5.74, 6) is 0.528. The third-order valence-electron chi connectivity index (χ3n) is 3.12. The monoisotopic (exact) mass is 303 g/mol. The van der Waals surface area contributed by atoms with Crippen molar-refractivity contribution >= 4 is 5.69 Å². The second-order valence-electron chi connectivity index (χ2n) is 4.62. The zero-order chi connectivity index (χ0) is 15.7. The first-order chi connectivity index (χ1) is 10.4. The number of anilines is 1. The highest BCUT2D eigenvalue weighted by atomic mass is 19.4. The van der Waals surface area contributed by atoms with E-state index >= 15 is 0 Å². The van der Waals surface area contributed by atoms with Crippen molar-refractivity contribution in [1.82, 2.24) is 4.98 Å². The molecule has 1 radical (unpaired) electrons. The minimum absolute atomic E-state index is 0.187. The van der Waals surface area contributed by atoms with Crippen LogP contribution in [-0.2, 0) is 6.18 Å². The summed E-state index contributed by atoms with van der Waals surface area (Å²) < 4.78 is 43.1. The molecule has 0 fully saturated rings. The van der Waals surface area contributed by atoms with Gasteiger partial charge in [0.25, 0.3) is 0 Å². The molecule has 0 aliphatic rings.